The van der Waals surface area contributed by atoms with E-state index in [-0.39, 0.29) is 25.3 Å². The normalized spacial score (nSPS) is 21.0. The number of hydrogen-bond donors (Lipinski definition) is 0. The Kier molecular flexibility index (Phi) is 6.76. The standard InChI is InChI=1S/C21H22F5N3O2/c1-14-9-20(22,23)13-29(19(30)31-12-15-5-3-2-4-6-15)17(14)7-8-18-27-10-16(11-28-18)21(24,25)26/h2-6,10-11,14,17H,7-9,12-13H2,1H3/t14-,17-/m1/s1. The van der Waals surface area contributed by atoms with Crippen molar-refractivity contribution in [3.05, 3.63) is 59.7 Å². The van der Waals surface area contributed by atoms with Crippen LogP contribution in [0.2, 0.25) is 0 Å². The van der Waals surface area contributed by atoms with Gasteiger partial charge in [-0.25, -0.2) is 23.5 Å². The van der Waals surface area contributed by atoms with Gasteiger partial charge in [0.05, 0.1) is 12.1 Å². The molecular weight excluding hydrogens is 421 g/mol. The lowest BCUT2D eigenvalue weighted by Crippen LogP contribution is -2.55. The third-order valence-corrected chi connectivity index (χ3v) is 5.22. The van der Waals surface area contributed by atoms with E-state index in [1.807, 2.05) is 0 Å². The average molecular weight is 443 g/mol. The Morgan fingerprint density at radius 3 is 2.45 bits per heavy atom. The van der Waals surface area contributed by atoms with Gasteiger partial charge >= 0.3 is 12.3 Å². The molecule has 1 aliphatic rings. The van der Waals surface area contributed by atoms with Crippen LogP contribution in [0.1, 0.15) is 36.7 Å². The predicted molar refractivity (Wildman–Crippen MR) is 101 cm³/mol. The summed E-state index contributed by atoms with van der Waals surface area (Å²) in [6, 6.07) is 8.27. The third-order valence-electron chi connectivity index (χ3n) is 5.22. The average Bonchev–Trinajstić information content (AvgIpc) is 2.71. The first-order chi connectivity index (χ1) is 14.5. The number of halogens is 5. The Balaban J connectivity index is 1.67. The first kappa shape index (κ1) is 22.9. The molecular formula is C21H22F5N3O2. The summed E-state index contributed by atoms with van der Waals surface area (Å²) in [6.07, 6.45) is -4.05. The summed E-state index contributed by atoms with van der Waals surface area (Å²) in [7, 11) is 0. The third kappa shape index (κ3) is 6.11. The molecule has 2 heterocycles. The fraction of sp³-hybridized carbons (Fsp3) is 0.476. The van der Waals surface area contributed by atoms with Gasteiger partial charge in [-0.05, 0) is 17.9 Å². The lowest BCUT2D eigenvalue weighted by atomic mass is 9.86. The van der Waals surface area contributed by atoms with E-state index in [9.17, 15) is 26.7 Å². The van der Waals surface area contributed by atoms with E-state index in [2.05, 4.69) is 9.97 Å². The van der Waals surface area contributed by atoms with Crippen LogP contribution in [-0.2, 0) is 23.9 Å². The number of alkyl halides is 5. The molecule has 0 spiro atoms. The van der Waals surface area contributed by atoms with Crippen molar-refractivity contribution in [1.82, 2.24) is 14.9 Å². The summed E-state index contributed by atoms with van der Waals surface area (Å²) in [5.41, 5.74) is -0.240. The summed E-state index contributed by atoms with van der Waals surface area (Å²) >= 11 is 0. The van der Waals surface area contributed by atoms with Crippen molar-refractivity contribution in [3.63, 3.8) is 0 Å². The Morgan fingerprint density at radius 2 is 1.84 bits per heavy atom. The number of benzene rings is 1. The second kappa shape index (κ2) is 9.15. The molecule has 0 bridgehead atoms. The van der Waals surface area contributed by atoms with Crippen LogP contribution < -0.4 is 0 Å². The fourth-order valence-electron chi connectivity index (χ4n) is 3.70. The van der Waals surface area contributed by atoms with Gasteiger partial charge in [0.25, 0.3) is 5.92 Å². The number of ether oxygens (including phenoxy) is 1. The molecule has 2 aromatic rings. The van der Waals surface area contributed by atoms with Crippen molar-refractivity contribution in [3.8, 4) is 0 Å². The predicted octanol–water partition coefficient (Wildman–Crippen LogP) is 5.11. The summed E-state index contributed by atoms with van der Waals surface area (Å²) in [4.78, 5) is 21.0. The van der Waals surface area contributed by atoms with Crippen molar-refractivity contribution >= 4 is 6.09 Å². The van der Waals surface area contributed by atoms with E-state index in [0.29, 0.717) is 12.4 Å². The van der Waals surface area contributed by atoms with Gasteiger partial charge in [0.2, 0.25) is 0 Å². The van der Waals surface area contributed by atoms with Gasteiger partial charge in [-0.3, -0.25) is 4.90 Å². The van der Waals surface area contributed by atoms with Crippen molar-refractivity contribution in [2.75, 3.05) is 6.54 Å². The molecule has 31 heavy (non-hydrogen) atoms. The number of carbonyl (C=O) groups is 1. The first-order valence-corrected chi connectivity index (χ1v) is 9.78. The summed E-state index contributed by atoms with van der Waals surface area (Å²) < 4.78 is 71.5. The Morgan fingerprint density at radius 1 is 1.19 bits per heavy atom. The summed E-state index contributed by atoms with van der Waals surface area (Å²) in [5, 5.41) is 0. The smallest absolute Gasteiger partial charge is 0.419 e. The molecule has 2 atom stereocenters. The maximum Gasteiger partial charge on any atom is 0.419 e. The van der Waals surface area contributed by atoms with E-state index in [0.717, 1.165) is 10.5 Å². The molecule has 168 valence electrons. The van der Waals surface area contributed by atoms with Crippen LogP contribution in [0.25, 0.3) is 0 Å². The number of nitrogens with zero attached hydrogens (tertiary/aromatic N) is 3. The second-order valence-corrected chi connectivity index (χ2v) is 7.70. The van der Waals surface area contributed by atoms with Crippen molar-refractivity contribution in [2.24, 2.45) is 5.92 Å². The number of hydrogen-bond acceptors (Lipinski definition) is 4. The molecule has 0 aliphatic carbocycles. The van der Waals surface area contributed by atoms with E-state index < -0.39 is 48.7 Å². The molecule has 0 saturated carbocycles. The van der Waals surface area contributed by atoms with E-state index in [1.54, 1.807) is 37.3 Å². The van der Waals surface area contributed by atoms with Crippen LogP contribution in [0.4, 0.5) is 26.7 Å². The Labute approximate surface area is 176 Å². The van der Waals surface area contributed by atoms with Crippen molar-refractivity contribution in [2.45, 2.75) is 50.9 Å². The minimum Gasteiger partial charge on any atom is -0.445 e. The molecule has 1 aliphatic heterocycles. The number of piperidine rings is 1. The number of aromatic nitrogens is 2. The molecule has 5 nitrogen and oxygen atoms in total. The zero-order valence-electron chi connectivity index (χ0n) is 16.8. The Bertz CT molecular complexity index is 875. The van der Waals surface area contributed by atoms with Crippen LogP contribution in [0.3, 0.4) is 0 Å². The van der Waals surface area contributed by atoms with E-state index in [1.165, 1.54) is 0 Å². The molecule has 3 rings (SSSR count). The van der Waals surface area contributed by atoms with Crippen LogP contribution in [0.5, 0.6) is 0 Å². The maximum atomic E-state index is 14.1. The largest absolute Gasteiger partial charge is 0.445 e. The highest BCUT2D eigenvalue weighted by Crippen LogP contribution is 2.36. The lowest BCUT2D eigenvalue weighted by Gasteiger charge is -2.42. The van der Waals surface area contributed by atoms with Gasteiger partial charge < -0.3 is 4.74 Å². The number of rotatable bonds is 5. The lowest BCUT2D eigenvalue weighted by molar-refractivity contribution is -0.138. The molecule has 1 aromatic carbocycles. The summed E-state index contributed by atoms with van der Waals surface area (Å²) in [5.74, 6) is -3.44. The SMILES string of the molecule is C[C@@H]1CC(F)(F)CN(C(=O)OCc2ccccc2)[C@@H]1CCc1ncc(C(F)(F)F)cn1. The zero-order chi connectivity index (χ0) is 22.6. The quantitative estimate of drug-likeness (QED) is 0.603. The monoisotopic (exact) mass is 443 g/mol. The highest BCUT2D eigenvalue weighted by atomic mass is 19.4. The Hall–Kier alpha value is -2.78. The first-order valence-electron chi connectivity index (χ1n) is 9.78. The van der Waals surface area contributed by atoms with Gasteiger partial charge in [0.15, 0.2) is 0 Å². The van der Waals surface area contributed by atoms with Crippen LogP contribution >= 0.6 is 0 Å². The van der Waals surface area contributed by atoms with Gasteiger partial charge in [-0.1, -0.05) is 37.3 Å². The number of carbonyl (C=O) groups excluding carboxylic acids is 1. The highest BCUT2D eigenvalue weighted by molar-refractivity contribution is 5.68. The number of likely N-dealkylation sites (tertiary alicyclic amines) is 1. The fourth-order valence-corrected chi connectivity index (χ4v) is 3.70. The summed E-state index contributed by atoms with van der Waals surface area (Å²) in [6.45, 7) is 0.789. The van der Waals surface area contributed by atoms with E-state index >= 15 is 0 Å². The van der Waals surface area contributed by atoms with Gasteiger partial charge in [-0.2, -0.15) is 13.2 Å². The second-order valence-electron chi connectivity index (χ2n) is 7.70. The van der Waals surface area contributed by atoms with Crippen molar-refractivity contribution < 1.29 is 31.5 Å². The minimum atomic E-state index is -4.54. The number of amides is 1. The van der Waals surface area contributed by atoms with Crippen LogP contribution in [0, 0.1) is 5.92 Å². The van der Waals surface area contributed by atoms with Gasteiger partial charge in [0, 0.05) is 31.3 Å². The number of aryl methyl sites for hydroxylation is 1. The molecule has 0 radical (unpaired) electrons. The van der Waals surface area contributed by atoms with Crippen molar-refractivity contribution in [1.29, 1.82) is 0 Å². The minimum absolute atomic E-state index is 0.0507. The van der Waals surface area contributed by atoms with Crippen LogP contribution in [-0.4, -0.2) is 39.5 Å². The molecule has 1 aromatic heterocycles. The highest BCUT2D eigenvalue weighted by Gasteiger charge is 2.46. The molecule has 0 unspecified atom stereocenters. The van der Waals surface area contributed by atoms with Crippen LogP contribution in [0.15, 0.2) is 42.7 Å². The van der Waals surface area contributed by atoms with Gasteiger partial charge in [0.1, 0.15) is 12.4 Å². The van der Waals surface area contributed by atoms with Gasteiger partial charge in [-0.15, -0.1) is 0 Å². The zero-order valence-corrected chi connectivity index (χ0v) is 16.8. The molecule has 10 heteroatoms. The van der Waals surface area contributed by atoms with E-state index in [4.69, 9.17) is 4.74 Å². The topological polar surface area (TPSA) is 55.3 Å². The molecule has 0 N–H and O–H groups in total. The maximum absolute atomic E-state index is 14.1. The molecule has 1 saturated heterocycles. The molecule has 1 amide bonds. The molecule has 1 fully saturated rings.